The van der Waals surface area contributed by atoms with Crippen LogP contribution in [-0.2, 0) is 22.4 Å². The van der Waals surface area contributed by atoms with Crippen LogP contribution in [-0.4, -0.2) is 35.0 Å². The smallest absolute Gasteiger partial charge is 0.337 e. The topological polar surface area (TPSA) is 115 Å². The van der Waals surface area contributed by atoms with Crippen LogP contribution >= 0.6 is 0 Å². The zero-order chi connectivity index (χ0) is 29.4. The molecule has 0 aliphatic rings. The van der Waals surface area contributed by atoms with E-state index in [0.717, 1.165) is 22.2 Å². The highest BCUT2D eigenvalue weighted by molar-refractivity contribution is 6.77. The summed E-state index contributed by atoms with van der Waals surface area (Å²) in [6, 6.07) is 18.9. The highest BCUT2D eigenvalue weighted by atomic mass is 28.4. The first-order valence-electron chi connectivity index (χ1n) is 13.9. The molecule has 8 heteroatoms. The molecular weight excluding hydrogens is 520 g/mol. The van der Waals surface area contributed by atoms with Gasteiger partial charge in [0.25, 0.3) is 0 Å². The van der Waals surface area contributed by atoms with Crippen molar-refractivity contribution < 1.29 is 24.2 Å². The number of nitrogens with two attached hydrogens (primary N) is 1. The predicted octanol–water partition coefficient (Wildman–Crippen LogP) is 6.75. The highest BCUT2D eigenvalue weighted by Crippen LogP contribution is 2.43. The Bertz CT molecular complexity index is 1520. The first-order valence-corrected chi connectivity index (χ1v) is 16.0. The minimum Gasteiger partial charge on any atom is -0.479 e. The Morgan fingerprint density at radius 2 is 1.48 bits per heavy atom. The van der Waals surface area contributed by atoms with E-state index in [4.69, 9.17) is 10.2 Å². The maximum absolute atomic E-state index is 12.5. The van der Waals surface area contributed by atoms with Crippen molar-refractivity contribution in [1.82, 2.24) is 4.57 Å². The predicted molar refractivity (Wildman–Crippen MR) is 162 cm³/mol. The molecular formula is C32H40N2O5Si. The number of benzene rings is 3. The third-order valence-electron chi connectivity index (χ3n) is 8.26. The summed E-state index contributed by atoms with van der Waals surface area (Å²) in [7, 11) is -2.22. The van der Waals surface area contributed by atoms with E-state index in [0.29, 0.717) is 40.5 Å². The van der Waals surface area contributed by atoms with Crippen LogP contribution in [0.5, 0.6) is 0 Å². The van der Waals surface area contributed by atoms with E-state index in [1.165, 1.54) is 0 Å². The standard InChI is InChI=1S/C32H40N2O5Si/c1-19(2)40(20(3)4,21(5)6)39-18-23-15-25(30(35)32(37)38)29-27(16-23)34(17-22-11-8-7-9-12-22)26-14-10-13-24(28(26)29)31(33)36/h7-16,19-21,30,35H,17-18H2,1-6H3,(H2,33,36)(H,37,38). The number of aliphatic hydroxyl groups excluding tert-OH is 1. The quantitative estimate of drug-likeness (QED) is 0.176. The molecule has 0 radical (unpaired) electrons. The van der Waals surface area contributed by atoms with Gasteiger partial charge in [-0.15, -0.1) is 0 Å². The average Bonchev–Trinajstić information content (AvgIpc) is 3.21. The first kappa shape index (κ1) is 29.5. The Kier molecular flexibility index (Phi) is 8.54. The number of fused-ring (bicyclic) bond motifs is 3. The van der Waals surface area contributed by atoms with Gasteiger partial charge in [-0.1, -0.05) is 77.9 Å². The molecule has 1 amide bonds. The molecule has 0 bridgehead atoms. The number of hydrogen-bond donors (Lipinski definition) is 3. The SMILES string of the molecule is CC(C)[Si](OCc1cc(C(O)C(=O)O)c2c3c(C(N)=O)cccc3n(Cc3ccccc3)c2c1)(C(C)C)C(C)C. The van der Waals surface area contributed by atoms with Crippen LogP contribution in [0.1, 0.15) is 74.7 Å². The van der Waals surface area contributed by atoms with Gasteiger partial charge in [0, 0.05) is 28.4 Å². The van der Waals surface area contributed by atoms with Gasteiger partial charge >= 0.3 is 5.97 Å². The van der Waals surface area contributed by atoms with Crippen molar-refractivity contribution in [2.45, 2.75) is 77.4 Å². The Labute approximate surface area is 236 Å². The fraction of sp³-hybridized carbons (Fsp3) is 0.375. The highest BCUT2D eigenvalue weighted by Gasteiger charge is 2.45. The van der Waals surface area contributed by atoms with Crippen molar-refractivity contribution in [3.63, 3.8) is 0 Å². The molecule has 4 rings (SSSR count). The molecule has 7 nitrogen and oxygen atoms in total. The minimum atomic E-state index is -2.22. The molecule has 212 valence electrons. The molecule has 0 aliphatic carbocycles. The zero-order valence-corrected chi connectivity index (χ0v) is 25.1. The van der Waals surface area contributed by atoms with E-state index in [9.17, 15) is 19.8 Å². The molecule has 0 spiro atoms. The lowest BCUT2D eigenvalue weighted by atomic mass is 9.97. The third-order valence-corrected chi connectivity index (χ3v) is 14.3. The number of hydrogen-bond acceptors (Lipinski definition) is 4. The van der Waals surface area contributed by atoms with Gasteiger partial charge in [-0.25, -0.2) is 4.79 Å². The number of nitrogens with zero attached hydrogens (tertiary/aromatic N) is 1. The summed E-state index contributed by atoms with van der Waals surface area (Å²) in [4.78, 5) is 24.7. The molecule has 4 aromatic rings. The monoisotopic (exact) mass is 560 g/mol. The molecule has 1 aromatic heterocycles. The third kappa shape index (κ3) is 5.19. The lowest BCUT2D eigenvalue weighted by Crippen LogP contribution is -2.47. The second-order valence-corrected chi connectivity index (χ2v) is 17.0. The number of carboxylic acid groups (broad SMARTS) is 1. The van der Waals surface area contributed by atoms with Crippen LogP contribution in [0.3, 0.4) is 0 Å². The maximum Gasteiger partial charge on any atom is 0.337 e. The van der Waals surface area contributed by atoms with Crippen molar-refractivity contribution >= 4 is 42.0 Å². The number of aliphatic carboxylic acids is 1. The maximum atomic E-state index is 12.5. The van der Waals surface area contributed by atoms with Gasteiger partial charge in [-0.05, 0) is 52.0 Å². The molecule has 1 heterocycles. The van der Waals surface area contributed by atoms with Gasteiger partial charge in [0.2, 0.25) is 14.2 Å². The van der Waals surface area contributed by atoms with Crippen molar-refractivity contribution in [1.29, 1.82) is 0 Å². The molecule has 1 unspecified atom stereocenters. The Balaban J connectivity index is 2.02. The van der Waals surface area contributed by atoms with Gasteiger partial charge in [0.05, 0.1) is 17.6 Å². The summed E-state index contributed by atoms with van der Waals surface area (Å²) in [5.41, 5.74) is 10.7. The van der Waals surface area contributed by atoms with Crippen LogP contribution < -0.4 is 5.73 Å². The van der Waals surface area contributed by atoms with Gasteiger partial charge in [-0.3, -0.25) is 4.79 Å². The normalized spacial score (nSPS) is 13.2. The molecule has 0 fully saturated rings. The summed E-state index contributed by atoms with van der Waals surface area (Å²) in [6.07, 6.45) is -1.79. The number of carbonyl (C=O) groups is 2. The molecule has 0 saturated heterocycles. The summed E-state index contributed by atoms with van der Waals surface area (Å²) in [5.74, 6) is -1.98. The van der Waals surface area contributed by atoms with Crippen molar-refractivity contribution in [3.8, 4) is 0 Å². The van der Waals surface area contributed by atoms with E-state index in [1.807, 2.05) is 42.5 Å². The molecule has 40 heavy (non-hydrogen) atoms. The van der Waals surface area contributed by atoms with E-state index in [1.54, 1.807) is 18.2 Å². The lowest BCUT2D eigenvalue weighted by molar-refractivity contribution is -0.146. The van der Waals surface area contributed by atoms with Crippen LogP contribution in [0.2, 0.25) is 16.6 Å². The van der Waals surface area contributed by atoms with E-state index < -0.39 is 26.3 Å². The fourth-order valence-electron chi connectivity index (χ4n) is 6.63. The van der Waals surface area contributed by atoms with Gasteiger partial charge in [-0.2, -0.15) is 0 Å². The molecule has 0 saturated carbocycles. The number of carboxylic acids is 1. The molecule has 4 N–H and O–H groups in total. The Hall–Kier alpha value is -3.46. The number of amides is 1. The van der Waals surface area contributed by atoms with Crippen LogP contribution in [0.4, 0.5) is 0 Å². The number of primary amides is 1. The largest absolute Gasteiger partial charge is 0.479 e. The minimum absolute atomic E-state index is 0.222. The van der Waals surface area contributed by atoms with Crippen molar-refractivity contribution in [3.05, 3.63) is 82.9 Å². The van der Waals surface area contributed by atoms with Gasteiger partial charge in [0.15, 0.2) is 6.10 Å². The van der Waals surface area contributed by atoms with E-state index >= 15 is 0 Å². The van der Waals surface area contributed by atoms with Crippen LogP contribution in [0, 0.1) is 0 Å². The molecule has 0 aliphatic heterocycles. The number of aromatic nitrogens is 1. The number of rotatable bonds is 11. The summed E-state index contributed by atoms with van der Waals surface area (Å²) in [5, 5.41) is 21.9. The second kappa shape index (κ2) is 11.6. The average molecular weight is 561 g/mol. The van der Waals surface area contributed by atoms with Gasteiger partial charge < -0.3 is 24.9 Å². The first-order chi connectivity index (χ1) is 18.9. The molecule has 1 atom stereocenters. The fourth-order valence-corrected chi connectivity index (χ4v) is 12.1. The Morgan fingerprint density at radius 1 is 0.850 bits per heavy atom. The summed E-state index contributed by atoms with van der Waals surface area (Å²) < 4.78 is 8.93. The van der Waals surface area contributed by atoms with E-state index in [-0.39, 0.29) is 11.1 Å². The van der Waals surface area contributed by atoms with E-state index in [2.05, 4.69) is 46.1 Å². The zero-order valence-electron chi connectivity index (χ0n) is 24.1. The van der Waals surface area contributed by atoms with Crippen molar-refractivity contribution in [2.24, 2.45) is 5.73 Å². The number of aliphatic hydroxyl groups is 1. The van der Waals surface area contributed by atoms with Crippen LogP contribution in [0.15, 0.2) is 60.7 Å². The summed E-state index contributed by atoms with van der Waals surface area (Å²) in [6.45, 7) is 14.1. The lowest BCUT2D eigenvalue weighted by Gasteiger charge is -2.42. The second-order valence-electron chi connectivity index (χ2n) is 11.6. The van der Waals surface area contributed by atoms with Gasteiger partial charge in [0.1, 0.15) is 0 Å². The van der Waals surface area contributed by atoms with Crippen LogP contribution in [0.25, 0.3) is 21.8 Å². The number of carbonyl (C=O) groups excluding carboxylic acids is 1. The molecule has 3 aromatic carbocycles. The summed E-state index contributed by atoms with van der Waals surface area (Å²) >= 11 is 0. The Morgan fingerprint density at radius 3 is 2.02 bits per heavy atom. The van der Waals surface area contributed by atoms with Crippen molar-refractivity contribution in [2.75, 3.05) is 0 Å².